The summed E-state index contributed by atoms with van der Waals surface area (Å²) in [6, 6.07) is 7.41. The number of aromatic nitrogens is 2. The van der Waals surface area contributed by atoms with Crippen molar-refractivity contribution in [2.45, 2.75) is 0 Å². The molecule has 88 valence electrons. The fourth-order valence-electron chi connectivity index (χ4n) is 1.43. The molecule has 0 atom stereocenters. The molecular formula is C12H14N4O. The van der Waals surface area contributed by atoms with Gasteiger partial charge in [-0.05, 0) is 24.3 Å². The van der Waals surface area contributed by atoms with Crippen LogP contribution in [-0.4, -0.2) is 30.2 Å². The molecule has 0 radical (unpaired) electrons. The van der Waals surface area contributed by atoms with Gasteiger partial charge in [0.1, 0.15) is 0 Å². The van der Waals surface area contributed by atoms with Crippen molar-refractivity contribution in [1.82, 2.24) is 10.2 Å². The van der Waals surface area contributed by atoms with Crippen LogP contribution in [0.5, 0.6) is 0 Å². The topological polar surface area (TPSA) is 61.0 Å². The highest BCUT2D eigenvalue weighted by Crippen LogP contribution is 2.13. The zero-order chi connectivity index (χ0) is 12.3. The Bertz CT molecular complexity index is 488. The van der Waals surface area contributed by atoms with Gasteiger partial charge < -0.3 is 10.2 Å². The Labute approximate surface area is 99.5 Å². The van der Waals surface area contributed by atoms with Crippen LogP contribution in [-0.2, 0) is 0 Å². The first-order chi connectivity index (χ1) is 8.16. The summed E-state index contributed by atoms with van der Waals surface area (Å²) in [5, 5.41) is 9.14. The Morgan fingerprint density at radius 3 is 2.53 bits per heavy atom. The molecule has 1 aromatic carbocycles. The van der Waals surface area contributed by atoms with E-state index in [0.717, 1.165) is 5.69 Å². The third kappa shape index (κ3) is 2.63. The molecule has 0 unspecified atom stereocenters. The van der Waals surface area contributed by atoms with E-state index in [1.54, 1.807) is 24.5 Å². The minimum Gasteiger partial charge on any atom is -0.378 e. The number of benzene rings is 1. The van der Waals surface area contributed by atoms with Crippen molar-refractivity contribution in [2.24, 2.45) is 0 Å². The number of nitrogens with zero attached hydrogens (tertiary/aromatic N) is 2. The first-order valence-corrected chi connectivity index (χ1v) is 5.24. The molecule has 0 bridgehead atoms. The number of carbonyl (C=O) groups excluding carboxylic acids is 1. The highest BCUT2D eigenvalue weighted by Gasteiger charge is 2.06. The van der Waals surface area contributed by atoms with E-state index in [9.17, 15) is 4.79 Å². The van der Waals surface area contributed by atoms with Gasteiger partial charge in [-0.25, -0.2) is 0 Å². The van der Waals surface area contributed by atoms with Crippen molar-refractivity contribution >= 4 is 17.3 Å². The van der Waals surface area contributed by atoms with Crippen molar-refractivity contribution < 1.29 is 4.79 Å². The lowest BCUT2D eigenvalue weighted by atomic mass is 10.2. The molecule has 5 heteroatoms. The maximum atomic E-state index is 11.8. The molecule has 0 fully saturated rings. The van der Waals surface area contributed by atoms with Gasteiger partial charge in [-0.2, -0.15) is 5.10 Å². The van der Waals surface area contributed by atoms with Gasteiger partial charge in [-0.1, -0.05) is 0 Å². The number of H-pyrrole nitrogens is 1. The molecule has 0 spiro atoms. The molecule has 1 amide bonds. The summed E-state index contributed by atoms with van der Waals surface area (Å²) in [5.41, 5.74) is 2.34. The fourth-order valence-corrected chi connectivity index (χ4v) is 1.43. The monoisotopic (exact) mass is 230 g/mol. The maximum Gasteiger partial charge on any atom is 0.255 e. The van der Waals surface area contributed by atoms with Crippen molar-refractivity contribution in [1.29, 1.82) is 0 Å². The molecule has 0 aliphatic carbocycles. The van der Waals surface area contributed by atoms with Crippen molar-refractivity contribution in [3.63, 3.8) is 0 Å². The Kier molecular flexibility index (Phi) is 3.09. The average molecular weight is 230 g/mol. The lowest BCUT2D eigenvalue weighted by Gasteiger charge is -2.12. The largest absolute Gasteiger partial charge is 0.378 e. The third-order valence-corrected chi connectivity index (χ3v) is 2.40. The summed E-state index contributed by atoms with van der Waals surface area (Å²) < 4.78 is 0. The second kappa shape index (κ2) is 4.69. The Morgan fingerprint density at radius 1 is 1.29 bits per heavy atom. The lowest BCUT2D eigenvalue weighted by molar-refractivity contribution is 0.102. The van der Waals surface area contributed by atoms with Crippen LogP contribution >= 0.6 is 0 Å². The summed E-state index contributed by atoms with van der Waals surface area (Å²) in [6.45, 7) is 0. The Morgan fingerprint density at radius 2 is 2.00 bits per heavy atom. The predicted octanol–water partition coefficient (Wildman–Crippen LogP) is 1.73. The number of hydrogen-bond acceptors (Lipinski definition) is 3. The van der Waals surface area contributed by atoms with Gasteiger partial charge in [0.05, 0.1) is 11.9 Å². The van der Waals surface area contributed by atoms with E-state index in [2.05, 4.69) is 15.5 Å². The number of anilines is 2. The third-order valence-electron chi connectivity index (χ3n) is 2.40. The second-order valence-corrected chi connectivity index (χ2v) is 3.88. The van der Waals surface area contributed by atoms with Crippen LogP contribution in [0.25, 0.3) is 0 Å². The van der Waals surface area contributed by atoms with Gasteiger partial charge in [0.15, 0.2) is 0 Å². The standard InChI is InChI=1S/C12H14N4O/c1-16(2)11-5-3-9(4-6-11)12(17)15-10-7-13-14-8-10/h3-8H,1-2H3,(H,13,14)(H,15,17). The highest BCUT2D eigenvalue weighted by atomic mass is 16.1. The van der Waals surface area contributed by atoms with Gasteiger partial charge in [-0.15, -0.1) is 0 Å². The molecule has 5 nitrogen and oxygen atoms in total. The van der Waals surface area contributed by atoms with Crippen molar-refractivity contribution in [2.75, 3.05) is 24.3 Å². The summed E-state index contributed by atoms with van der Waals surface area (Å²) in [7, 11) is 3.92. The normalized spacial score (nSPS) is 10.0. The van der Waals surface area contributed by atoms with Crippen LogP contribution in [0.2, 0.25) is 0 Å². The van der Waals surface area contributed by atoms with Gasteiger partial charge in [0, 0.05) is 31.5 Å². The minimum atomic E-state index is -0.142. The predicted molar refractivity (Wildman–Crippen MR) is 67.3 cm³/mol. The molecule has 1 aromatic heterocycles. The average Bonchev–Trinajstić information content (AvgIpc) is 2.82. The fraction of sp³-hybridized carbons (Fsp3) is 0.167. The summed E-state index contributed by atoms with van der Waals surface area (Å²) in [6.07, 6.45) is 3.19. The van der Waals surface area contributed by atoms with Crippen LogP contribution in [0.1, 0.15) is 10.4 Å². The number of aromatic amines is 1. The SMILES string of the molecule is CN(C)c1ccc(C(=O)Nc2cn[nH]c2)cc1. The summed E-state index contributed by atoms with van der Waals surface area (Å²) in [5.74, 6) is -0.142. The first kappa shape index (κ1) is 11.2. The first-order valence-electron chi connectivity index (χ1n) is 5.24. The van der Waals surface area contributed by atoms with Gasteiger partial charge >= 0.3 is 0 Å². The number of hydrogen-bond donors (Lipinski definition) is 2. The number of amides is 1. The van der Waals surface area contributed by atoms with E-state index in [0.29, 0.717) is 11.3 Å². The van der Waals surface area contributed by atoms with Crippen LogP contribution in [0.15, 0.2) is 36.7 Å². The lowest BCUT2D eigenvalue weighted by Crippen LogP contribution is -2.12. The van der Waals surface area contributed by atoms with E-state index in [1.807, 2.05) is 31.1 Å². The minimum absolute atomic E-state index is 0.142. The molecule has 17 heavy (non-hydrogen) atoms. The van der Waals surface area contributed by atoms with Gasteiger partial charge in [0.2, 0.25) is 0 Å². The van der Waals surface area contributed by atoms with Crippen molar-refractivity contribution in [3.8, 4) is 0 Å². The van der Waals surface area contributed by atoms with Crippen LogP contribution < -0.4 is 10.2 Å². The second-order valence-electron chi connectivity index (χ2n) is 3.88. The van der Waals surface area contributed by atoms with E-state index in [-0.39, 0.29) is 5.91 Å². The van der Waals surface area contributed by atoms with Crippen LogP contribution in [0, 0.1) is 0 Å². The zero-order valence-electron chi connectivity index (χ0n) is 9.77. The molecule has 2 rings (SSSR count). The molecule has 2 N–H and O–H groups in total. The summed E-state index contributed by atoms with van der Waals surface area (Å²) in [4.78, 5) is 13.8. The quantitative estimate of drug-likeness (QED) is 0.844. The number of carbonyl (C=O) groups is 1. The van der Waals surface area contributed by atoms with E-state index < -0.39 is 0 Å². The highest BCUT2D eigenvalue weighted by molar-refractivity contribution is 6.04. The summed E-state index contributed by atoms with van der Waals surface area (Å²) >= 11 is 0. The molecular weight excluding hydrogens is 216 g/mol. The Hall–Kier alpha value is -2.30. The van der Waals surface area contributed by atoms with Gasteiger partial charge in [-0.3, -0.25) is 9.89 Å². The molecule has 1 heterocycles. The molecule has 0 aliphatic heterocycles. The van der Waals surface area contributed by atoms with Gasteiger partial charge in [0.25, 0.3) is 5.91 Å². The smallest absolute Gasteiger partial charge is 0.255 e. The van der Waals surface area contributed by atoms with Crippen molar-refractivity contribution in [3.05, 3.63) is 42.2 Å². The van der Waals surface area contributed by atoms with Crippen LogP contribution in [0.4, 0.5) is 11.4 Å². The van der Waals surface area contributed by atoms with Crippen LogP contribution in [0.3, 0.4) is 0 Å². The molecule has 0 saturated carbocycles. The van der Waals surface area contributed by atoms with E-state index in [4.69, 9.17) is 0 Å². The zero-order valence-corrected chi connectivity index (χ0v) is 9.77. The Balaban J connectivity index is 2.09. The van der Waals surface area contributed by atoms with E-state index >= 15 is 0 Å². The molecule has 0 saturated heterocycles. The van der Waals surface area contributed by atoms with E-state index in [1.165, 1.54) is 0 Å². The molecule has 0 aliphatic rings. The molecule has 2 aromatic rings. The number of rotatable bonds is 3. The maximum absolute atomic E-state index is 11.8. The number of nitrogens with one attached hydrogen (secondary N) is 2.